The molecule has 0 saturated carbocycles. The number of hydrogen-bond donors (Lipinski definition) is 2. The molecule has 0 aliphatic rings. The first kappa shape index (κ1) is 42.1. The van der Waals surface area contributed by atoms with Crippen molar-refractivity contribution in [3.8, 4) is 0 Å². The van der Waals surface area contributed by atoms with Gasteiger partial charge in [-0.05, 0) is 51.6 Å². The van der Waals surface area contributed by atoms with Crippen molar-refractivity contribution in [1.29, 1.82) is 0 Å². The lowest BCUT2D eigenvalue weighted by atomic mass is 10.0. The summed E-state index contributed by atoms with van der Waals surface area (Å²) in [4.78, 5) is 12.3. The summed E-state index contributed by atoms with van der Waals surface area (Å²) in [6.45, 7) is 6.01. The fourth-order valence-corrected chi connectivity index (χ4v) is 5.85. The third kappa shape index (κ3) is 35.5. The molecular weight excluding hydrogens is 528 g/mol. The number of hydrogen-bond acceptors (Lipinski definition) is 4. The van der Waals surface area contributed by atoms with Gasteiger partial charge in [0.1, 0.15) is 0 Å². The van der Waals surface area contributed by atoms with E-state index in [1.165, 1.54) is 167 Å². The van der Waals surface area contributed by atoms with Gasteiger partial charge >= 0.3 is 5.97 Å². The summed E-state index contributed by atoms with van der Waals surface area (Å²) in [6, 6.07) is 0. The number of nitrogens with one attached hydrogen (secondary N) is 1. The second-order valence-electron chi connectivity index (χ2n) is 13.1. The van der Waals surface area contributed by atoms with Crippen molar-refractivity contribution in [3.05, 3.63) is 12.2 Å². The number of nitrogens with two attached hydrogens (primary N) is 1. The lowest BCUT2D eigenvalue weighted by Gasteiger charge is -2.19. The Morgan fingerprint density at radius 2 is 0.930 bits per heavy atom. The summed E-state index contributed by atoms with van der Waals surface area (Å²) in [7, 11) is 0. The Morgan fingerprint density at radius 1 is 0.558 bits per heavy atom. The van der Waals surface area contributed by atoms with Gasteiger partial charge in [0.05, 0.1) is 0 Å². The van der Waals surface area contributed by atoms with E-state index < -0.39 is 0 Å². The quantitative estimate of drug-likeness (QED) is 0.0322. The van der Waals surface area contributed by atoms with Gasteiger partial charge in [-0.2, -0.15) is 0 Å². The summed E-state index contributed by atoms with van der Waals surface area (Å²) in [5.41, 5.74) is 5.77. The van der Waals surface area contributed by atoms with Crippen LogP contribution in [0.25, 0.3) is 0 Å². The average molecular weight is 607 g/mol. The maximum absolute atomic E-state index is 12.3. The van der Waals surface area contributed by atoms with Crippen molar-refractivity contribution in [2.75, 3.05) is 13.1 Å². The van der Waals surface area contributed by atoms with Crippen molar-refractivity contribution >= 4 is 5.97 Å². The number of unbranched alkanes of at least 4 members (excludes halogenated alkanes) is 26. The fourth-order valence-electron chi connectivity index (χ4n) is 5.85. The second kappa shape index (κ2) is 37.3. The fraction of sp³-hybridized carbons (Fsp3) is 0.923. The minimum atomic E-state index is -0.225. The lowest BCUT2D eigenvalue weighted by Crippen LogP contribution is -2.36. The Bertz CT molecular complexity index is 565. The van der Waals surface area contributed by atoms with Crippen LogP contribution < -0.4 is 11.1 Å². The van der Waals surface area contributed by atoms with Crippen LogP contribution >= 0.6 is 0 Å². The molecule has 1 unspecified atom stereocenters. The molecule has 0 aliphatic heterocycles. The van der Waals surface area contributed by atoms with Crippen LogP contribution in [0.2, 0.25) is 0 Å². The predicted molar refractivity (Wildman–Crippen MR) is 191 cm³/mol. The van der Waals surface area contributed by atoms with E-state index in [4.69, 9.17) is 10.5 Å². The van der Waals surface area contributed by atoms with Crippen LogP contribution in [0.1, 0.15) is 213 Å². The molecule has 4 heteroatoms. The molecule has 1 atom stereocenters. The van der Waals surface area contributed by atoms with Crippen LogP contribution in [0.4, 0.5) is 0 Å². The van der Waals surface area contributed by atoms with E-state index in [1.807, 2.05) is 0 Å². The van der Waals surface area contributed by atoms with E-state index in [-0.39, 0.29) is 12.2 Å². The van der Waals surface area contributed by atoms with Gasteiger partial charge in [-0.25, -0.2) is 0 Å². The lowest BCUT2D eigenvalue weighted by molar-refractivity contribution is -0.151. The zero-order valence-electron chi connectivity index (χ0n) is 29.5. The first-order valence-electron chi connectivity index (χ1n) is 19.5. The zero-order valence-corrected chi connectivity index (χ0v) is 29.5. The van der Waals surface area contributed by atoms with Crippen LogP contribution in [0.3, 0.4) is 0 Å². The molecule has 0 bridgehead atoms. The van der Waals surface area contributed by atoms with Gasteiger partial charge < -0.3 is 10.5 Å². The number of carbonyl (C=O) groups excluding carboxylic acids is 1. The third-order valence-electron chi connectivity index (χ3n) is 8.75. The van der Waals surface area contributed by atoms with Crippen molar-refractivity contribution in [2.45, 2.75) is 219 Å². The maximum Gasteiger partial charge on any atom is 0.307 e. The van der Waals surface area contributed by atoms with E-state index in [1.54, 1.807) is 0 Å². The van der Waals surface area contributed by atoms with E-state index in [0.29, 0.717) is 19.4 Å². The molecule has 0 amide bonds. The monoisotopic (exact) mass is 607 g/mol. The Labute approximate surface area is 270 Å². The highest BCUT2D eigenvalue weighted by Gasteiger charge is 2.12. The predicted octanol–water partition coefficient (Wildman–Crippen LogP) is 12.1. The topological polar surface area (TPSA) is 64.3 Å². The summed E-state index contributed by atoms with van der Waals surface area (Å²) in [5.74, 6) is -0.0736. The van der Waals surface area contributed by atoms with Crippen molar-refractivity contribution < 1.29 is 9.53 Å². The molecule has 0 heterocycles. The molecule has 0 aliphatic carbocycles. The molecule has 0 fully saturated rings. The van der Waals surface area contributed by atoms with E-state index in [0.717, 1.165) is 25.8 Å². The van der Waals surface area contributed by atoms with E-state index >= 15 is 0 Å². The van der Waals surface area contributed by atoms with Gasteiger partial charge in [0.2, 0.25) is 0 Å². The molecule has 0 aromatic carbocycles. The Morgan fingerprint density at radius 3 is 1.35 bits per heavy atom. The highest BCUT2D eigenvalue weighted by molar-refractivity contribution is 5.69. The Hall–Kier alpha value is -0.870. The molecule has 4 nitrogen and oxygen atoms in total. The number of esters is 1. The molecule has 43 heavy (non-hydrogen) atoms. The van der Waals surface area contributed by atoms with Crippen LogP contribution in [0.5, 0.6) is 0 Å². The minimum Gasteiger partial charge on any atom is -0.447 e. The molecule has 256 valence electrons. The van der Waals surface area contributed by atoms with Gasteiger partial charge in [0.15, 0.2) is 6.23 Å². The molecule has 0 saturated heterocycles. The summed E-state index contributed by atoms with van der Waals surface area (Å²) in [6.07, 6.45) is 44.3. The minimum absolute atomic E-state index is 0.0736. The van der Waals surface area contributed by atoms with Crippen LogP contribution in [0, 0.1) is 0 Å². The van der Waals surface area contributed by atoms with E-state index in [9.17, 15) is 4.79 Å². The highest BCUT2D eigenvalue weighted by Crippen LogP contribution is 2.14. The number of rotatable bonds is 36. The third-order valence-corrected chi connectivity index (χ3v) is 8.75. The molecule has 3 N–H and O–H groups in total. The second-order valence-corrected chi connectivity index (χ2v) is 13.1. The first-order chi connectivity index (χ1) is 21.2. The number of ether oxygens (including phenoxy) is 1. The summed E-state index contributed by atoms with van der Waals surface area (Å²) in [5, 5.41) is 3.43. The molecule has 0 aromatic heterocycles. The summed E-state index contributed by atoms with van der Waals surface area (Å²) < 4.78 is 5.70. The maximum atomic E-state index is 12.3. The molecule has 0 spiro atoms. The Kier molecular flexibility index (Phi) is 36.6. The van der Waals surface area contributed by atoms with Gasteiger partial charge in [0, 0.05) is 12.8 Å². The van der Waals surface area contributed by atoms with Crippen LogP contribution in [-0.4, -0.2) is 25.3 Å². The first-order valence-corrected chi connectivity index (χ1v) is 19.5. The number of allylic oxidation sites excluding steroid dienone is 2. The molecular formula is C39H78N2O2. The normalized spacial score (nSPS) is 12.3. The van der Waals surface area contributed by atoms with Crippen molar-refractivity contribution in [2.24, 2.45) is 5.73 Å². The van der Waals surface area contributed by atoms with Crippen molar-refractivity contribution in [1.82, 2.24) is 5.32 Å². The number of carbonyl (C=O) groups is 1. The molecule has 0 aromatic rings. The van der Waals surface area contributed by atoms with Gasteiger partial charge in [-0.3, -0.25) is 10.1 Å². The standard InChI is InChI=1S/C39H78N2O2/c1-3-5-7-9-11-13-15-17-19-21-23-25-27-29-31-33-37-41-38(35-36-40)43-39(42)34-32-30-28-26-24-22-20-18-16-14-12-10-8-6-4-2/h18,20,38,41H,3-17,19,21-37,40H2,1-2H3/b20-18-. The SMILES string of the molecule is CCCCCCCC/C=C\CCCCCCCC(=O)OC(CCN)NCCCCCCCCCCCCCCCCCC. The van der Waals surface area contributed by atoms with Crippen LogP contribution in [0.15, 0.2) is 12.2 Å². The average Bonchev–Trinajstić information content (AvgIpc) is 3.00. The van der Waals surface area contributed by atoms with Gasteiger partial charge in [0.25, 0.3) is 0 Å². The molecule has 0 rings (SSSR count). The summed E-state index contributed by atoms with van der Waals surface area (Å²) >= 11 is 0. The van der Waals surface area contributed by atoms with E-state index in [2.05, 4.69) is 31.3 Å². The van der Waals surface area contributed by atoms with Crippen LogP contribution in [-0.2, 0) is 9.53 Å². The zero-order chi connectivity index (χ0) is 31.3. The largest absolute Gasteiger partial charge is 0.447 e. The Balaban J connectivity index is 3.52. The van der Waals surface area contributed by atoms with Gasteiger partial charge in [-0.15, -0.1) is 0 Å². The van der Waals surface area contributed by atoms with Gasteiger partial charge in [-0.1, -0.05) is 174 Å². The highest BCUT2D eigenvalue weighted by atomic mass is 16.6. The smallest absolute Gasteiger partial charge is 0.307 e. The molecule has 0 radical (unpaired) electrons. The van der Waals surface area contributed by atoms with Crippen molar-refractivity contribution in [3.63, 3.8) is 0 Å².